The van der Waals surface area contributed by atoms with E-state index in [-0.39, 0.29) is 60.1 Å². The molecular formula is C34H24N6NiO8S2. The Kier molecular flexibility index (Phi) is 9.04. The molecule has 0 amide bonds. The van der Waals surface area contributed by atoms with Gasteiger partial charge in [0.1, 0.15) is 42.8 Å². The molecule has 2 aromatic heterocycles. The first-order valence-corrected chi connectivity index (χ1v) is 17.6. The summed E-state index contributed by atoms with van der Waals surface area (Å²) in [5, 5.41) is 41.1. The van der Waals surface area contributed by atoms with Gasteiger partial charge >= 0.3 is 16.5 Å². The molecule has 2 N–H and O–H groups in total. The number of nitrogens with zero attached hydrogens (tertiary/aromatic N) is 6. The average Bonchev–Trinajstić information content (AvgIpc) is 3.68. The molecule has 0 aliphatic heterocycles. The third kappa shape index (κ3) is 6.60. The molecule has 0 radical (unpaired) electrons. The Labute approximate surface area is 300 Å². The SMILES string of the molecule is Cc1ccc2nn(-c3cc(S(=O)(=O)O)c4ccccc4c3O)nc2c1.Cc1ccc2nn(-c3cc(S(=O)(=O)[O-])c4ccccc4c3[O-])nc2c1.[Ni+2]. The Balaban J connectivity index is 0.000000172. The van der Waals surface area contributed by atoms with Crippen LogP contribution in [0.25, 0.3) is 55.0 Å². The van der Waals surface area contributed by atoms with Crippen molar-refractivity contribution in [3.63, 3.8) is 0 Å². The number of hydrogen-bond acceptors (Lipinski definition) is 11. The maximum Gasteiger partial charge on any atom is 2.00 e. The zero-order chi connectivity index (χ0) is 35.5. The van der Waals surface area contributed by atoms with Crippen LogP contribution in [0.5, 0.6) is 11.5 Å². The van der Waals surface area contributed by atoms with Gasteiger partial charge in [-0.1, -0.05) is 66.4 Å². The number of fused-ring (bicyclic) bond motifs is 4. The summed E-state index contributed by atoms with van der Waals surface area (Å²) in [6, 6.07) is 25.6. The van der Waals surface area contributed by atoms with Crippen LogP contribution in [0.3, 0.4) is 0 Å². The van der Waals surface area contributed by atoms with Crippen LogP contribution in [0.1, 0.15) is 11.1 Å². The van der Waals surface area contributed by atoms with Gasteiger partial charge in [-0.05, 0) is 72.1 Å². The van der Waals surface area contributed by atoms with Gasteiger partial charge in [0.25, 0.3) is 10.1 Å². The number of aromatic nitrogens is 6. The Morgan fingerprint density at radius 2 is 1.02 bits per heavy atom. The molecule has 0 saturated heterocycles. The minimum absolute atomic E-state index is 0. The molecule has 0 aliphatic carbocycles. The van der Waals surface area contributed by atoms with Crippen LogP contribution in [0.4, 0.5) is 0 Å². The molecule has 14 nitrogen and oxygen atoms in total. The van der Waals surface area contributed by atoms with Gasteiger partial charge in [-0.2, -0.15) is 13.2 Å². The first-order valence-electron chi connectivity index (χ1n) is 14.8. The van der Waals surface area contributed by atoms with Crippen molar-refractivity contribution in [1.29, 1.82) is 0 Å². The van der Waals surface area contributed by atoms with Crippen LogP contribution < -0.4 is 5.11 Å². The average molecular weight is 767 g/mol. The zero-order valence-electron chi connectivity index (χ0n) is 26.4. The number of hydrogen-bond donors (Lipinski definition) is 2. The number of aromatic hydroxyl groups is 1. The van der Waals surface area contributed by atoms with E-state index in [4.69, 9.17) is 0 Å². The zero-order valence-corrected chi connectivity index (χ0v) is 29.0. The first kappa shape index (κ1) is 35.4. The van der Waals surface area contributed by atoms with Crippen LogP contribution >= 0.6 is 0 Å². The molecule has 0 aliphatic rings. The Bertz CT molecular complexity index is 2700. The molecule has 8 rings (SSSR count). The molecule has 51 heavy (non-hydrogen) atoms. The van der Waals surface area contributed by atoms with E-state index in [0.29, 0.717) is 22.1 Å². The van der Waals surface area contributed by atoms with Crippen molar-refractivity contribution < 1.29 is 52.6 Å². The Morgan fingerprint density at radius 3 is 1.53 bits per heavy atom. The van der Waals surface area contributed by atoms with E-state index in [1.807, 2.05) is 32.0 Å². The summed E-state index contributed by atoms with van der Waals surface area (Å²) in [5.41, 5.74) is 4.31. The summed E-state index contributed by atoms with van der Waals surface area (Å²) >= 11 is 0. The fourth-order valence-corrected chi connectivity index (χ4v) is 7.02. The number of rotatable bonds is 4. The van der Waals surface area contributed by atoms with Gasteiger partial charge < -0.3 is 14.8 Å². The molecule has 260 valence electrons. The summed E-state index contributed by atoms with van der Waals surface area (Å²) in [6.07, 6.45) is 0. The predicted octanol–water partition coefficient (Wildman–Crippen LogP) is 4.69. The summed E-state index contributed by atoms with van der Waals surface area (Å²) in [5.74, 6) is -0.611. The molecule has 17 heteroatoms. The molecule has 8 aromatic rings. The second kappa shape index (κ2) is 13.0. The van der Waals surface area contributed by atoms with E-state index in [0.717, 1.165) is 22.0 Å². The van der Waals surface area contributed by atoms with E-state index in [9.17, 15) is 36.2 Å². The number of benzene rings is 6. The maximum absolute atomic E-state index is 12.8. The predicted molar refractivity (Wildman–Crippen MR) is 181 cm³/mol. The minimum Gasteiger partial charge on any atom is -0.871 e. The van der Waals surface area contributed by atoms with E-state index >= 15 is 0 Å². The number of phenols is 1. The van der Waals surface area contributed by atoms with Gasteiger partial charge in [-0.25, -0.2) is 8.42 Å². The van der Waals surface area contributed by atoms with Crippen molar-refractivity contribution in [2.24, 2.45) is 0 Å². The second-order valence-corrected chi connectivity index (χ2v) is 14.2. The quantitative estimate of drug-likeness (QED) is 0.184. The van der Waals surface area contributed by atoms with Crippen molar-refractivity contribution in [1.82, 2.24) is 30.0 Å². The summed E-state index contributed by atoms with van der Waals surface area (Å²) in [7, 11) is -9.26. The van der Waals surface area contributed by atoms with E-state index in [1.54, 1.807) is 48.5 Å². The smallest absolute Gasteiger partial charge is 0.871 e. The van der Waals surface area contributed by atoms with Crippen molar-refractivity contribution in [2.75, 3.05) is 0 Å². The largest absolute Gasteiger partial charge is 2.00 e. The minimum atomic E-state index is -4.77. The van der Waals surface area contributed by atoms with Gasteiger partial charge in [0.2, 0.25) is 0 Å². The number of phenolic OH excluding ortho intramolecular Hbond substituents is 1. The third-order valence-electron chi connectivity index (χ3n) is 7.95. The van der Waals surface area contributed by atoms with Crippen LogP contribution in [0.15, 0.2) is 107 Å². The molecule has 0 bridgehead atoms. The van der Waals surface area contributed by atoms with Gasteiger partial charge in [-0.15, -0.1) is 25.2 Å². The van der Waals surface area contributed by atoms with Gasteiger partial charge in [0.15, 0.2) is 5.75 Å². The van der Waals surface area contributed by atoms with Gasteiger partial charge in [0, 0.05) is 10.8 Å². The topological polar surface area (TPSA) is 216 Å². The normalized spacial score (nSPS) is 11.8. The van der Waals surface area contributed by atoms with Crippen LogP contribution in [0.2, 0.25) is 0 Å². The third-order valence-corrected chi connectivity index (χ3v) is 9.72. The Morgan fingerprint density at radius 1 is 0.588 bits per heavy atom. The van der Waals surface area contributed by atoms with Crippen molar-refractivity contribution >= 4 is 63.8 Å². The standard InChI is InChI=1S/2C17H13N3O4S.Ni/c2*1-10-6-7-13-14(8-10)19-20(18-13)15-9-16(25(22,23)24)11-4-2-3-5-12(11)17(15)21;/h2*2-9,21H,1H3,(H,22,23,24);/q;;+2/p-2. The fourth-order valence-electron chi connectivity index (χ4n) is 5.60. The molecule has 6 aromatic carbocycles. The van der Waals surface area contributed by atoms with Crippen LogP contribution in [-0.4, -0.2) is 61.0 Å². The summed E-state index contributed by atoms with van der Waals surface area (Å²) in [6.45, 7) is 3.82. The molecule has 0 saturated carbocycles. The van der Waals surface area contributed by atoms with Gasteiger partial charge in [-0.3, -0.25) is 4.55 Å². The Hall–Kier alpha value is -5.45. The van der Waals surface area contributed by atoms with Crippen molar-refractivity contribution in [2.45, 2.75) is 23.6 Å². The molecule has 0 spiro atoms. The van der Waals surface area contributed by atoms with Crippen molar-refractivity contribution in [3.8, 4) is 22.9 Å². The fraction of sp³-hybridized carbons (Fsp3) is 0.0588. The first-order chi connectivity index (χ1) is 23.7. The van der Waals surface area contributed by atoms with Crippen LogP contribution in [0, 0.1) is 13.8 Å². The second-order valence-electron chi connectivity index (χ2n) is 11.4. The molecule has 0 atom stereocenters. The summed E-state index contributed by atoms with van der Waals surface area (Å²) < 4.78 is 68.1. The molecule has 0 fully saturated rings. The van der Waals surface area contributed by atoms with E-state index < -0.39 is 30.9 Å². The van der Waals surface area contributed by atoms with E-state index in [1.165, 1.54) is 29.1 Å². The maximum atomic E-state index is 12.8. The molecule has 0 unspecified atom stereocenters. The van der Waals surface area contributed by atoms with Gasteiger partial charge in [0.05, 0.1) is 10.6 Å². The monoisotopic (exact) mass is 766 g/mol. The summed E-state index contributed by atoms with van der Waals surface area (Å²) in [4.78, 5) is 1.47. The van der Waals surface area contributed by atoms with E-state index in [2.05, 4.69) is 20.4 Å². The number of aryl methyl sites for hydroxylation is 2. The van der Waals surface area contributed by atoms with Crippen LogP contribution in [-0.2, 0) is 36.7 Å². The molecular weight excluding hydrogens is 743 g/mol. The van der Waals surface area contributed by atoms with Crippen molar-refractivity contribution in [3.05, 3.63) is 108 Å². The molecule has 2 heterocycles.